The Morgan fingerprint density at radius 1 is 0.0470 bits per heavy atom. The van der Waals surface area contributed by atoms with Crippen LogP contribution in [0.4, 0.5) is 9.59 Å². The Kier molecular flexibility index (Phi) is 6300. The molecule has 0 aromatic carbocycles. The van der Waals surface area contributed by atoms with Crippen molar-refractivity contribution in [2.45, 2.75) is 0 Å². The molecular formula is C2H145K141O6. The van der Waals surface area contributed by atoms with E-state index in [1.54, 1.807) is 0 Å². The standard InChI is InChI=1S/2CH2O3.141K.141H/c2*2-1(3)4;;;;;;;;;;;;;;;;;;;;;;;;;;;;;;;;;;;;;;;;;;;;;;;;;;;;;;;;;;;;;;;;;;;;;;;;;;;;;;;;;;;;;;;;;;;;;;;;;;;;;;;;;;;;;;;;;;;;;;;;;;;;;;;;;;;;;;;;;;;;;;;;;;;;;;;;;;;;;;;;;;;;;;;;;;;;;;;;;;;;;;;;;;;;;;;;;;;;;;;;;;;;;;;;;;;;;;;;;;;;;;;;;;;;;;;;;;;;;;;;;;;;;;;;;;;;;;;;;;;;;;;;;;;;;;;;;;;;;;;;;;/h2*(H2,2,3,4);;;;;;;;;;;;;;;;;;;;;;;;;;;;;;;;;;;;;;;;;;;;;;;;;;;;;;;;;;;;;;;;;;;;;;;;;;;;;;;;;;;;;;;;;;;;;;;;;;;;;;;;;;;;;;;;;;;;;;;;;;;;;;;;;;;;;;;;;;;;;;;;;;;;;;;;;;;;;;;;;;;;;;;;;;;;;;;;;;;;;;;;;;;;;;;;;;;;;;;;;;;;;;;;;;;;;;;;;;;;;;;;;;;;;;;;;;;;;;;;;;;;;;;;;;;;;;;;;;;;;;;;;;;;;;;;;;;;;;;;;;. The molecule has 0 aromatic rings. The molecule has 0 amide bonds. The van der Waals surface area contributed by atoms with E-state index < -0.39 is 12.3 Å². The third-order valence-electron chi connectivity index (χ3n) is 0. The van der Waals surface area contributed by atoms with E-state index in [0.29, 0.717) is 0 Å². The monoisotopic (exact) mass is 5760 g/mol. The van der Waals surface area contributed by atoms with Crippen LogP contribution in [-0.4, -0.2) is 7280 Å². The molecule has 0 heterocycles. The van der Waals surface area contributed by atoms with Crippen LogP contribution in [0.2, 0.25) is 0 Å². The molecule has 0 aliphatic heterocycles. The molecule has 0 aliphatic carbocycles. The Balaban J connectivity index is -0.0000000000176. The number of carboxylic acid groups (broad SMARTS) is 4. The van der Waals surface area contributed by atoms with E-state index in [0.717, 1.165) is 0 Å². The van der Waals surface area contributed by atoms with Crippen LogP contribution in [0.1, 0.15) is 0 Å². The number of carbonyl (C=O) groups is 2. The second-order valence-corrected chi connectivity index (χ2v) is 0.565. The van der Waals surface area contributed by atoms with E-state index in [2.05, 4.69) is 0 Å². The van der Waals surface area contributed by atoms with Crippen molar-refractivity contribution in [3.8, 4) is 0 Å². The summed E-state index contributed by atoms with van der Waals surface area (Å²) < 4.78 is 0. The summed E-state index contributed by atoms with van der Waals surface area (Å²) in [4.78, 5) is 17.1. The SMILES string of the molecule is O=C(O)O.O=C(O)O.[KH].[KH].[KH].[KH].[KH].[KH].[KH].[KH].[KH].[KH].[KH].[KH].[KH].[KH].[KH].[KH].[KH].[KH].[KH].[KH].[KH].[KH].[KH].[KH].[KH].[KH].[KH].[KH].[KH].[KH].[KH].[KH].[KH].[KH].[KH].[KH].[KH].[KH].[KH].[KH].[KH].[KH].[KH].[KH].[KH].[KH].[KH].[KH].[KH].[KH].[KH].[KH].[KH].[KH].[KH].[KH].[KH].[KH].[KH].[KH].[KH].[KH].[KH].[KH].[KH].[KH].[KH].[KH].[KH].[KH].[KH].[KH].[KH].[KH].[KH].[KH].[KH].[KH].[KH].[KH].[KH].[KH].[KH].[KH].[KH].[KH].[KH].[KH].[KH].[KH].[KH].[KH].[KH].[KH].[KH].[KH].[KH].[KH].[KH].[KH].[KH].[KH].[KH].[KH].[KH].[KH].[KH].[KH].[KH].[KH].[KH].[KH].[KH].[KH].[KH].[KH].[KH].[KH].[KH].[KH].[KH].[KH].[KH].[KH].[KH].[KH].[KH].[KH].[KH].[KH].[KH].[KH].[KH].[KH].[KH].[KH].[KH].[KH].[KH].[KH].[KH]. The predicted molar refractivity (Wildman–Crippen MR) is 1030 cm³/mol. The third-order valence-corrected chi connectivity index (χ3v) is 0. The van der Waals surface area contributed by atoms with Crippen molar-refractivity contribution in [3.05, 3.63) is 0 Å². The van der Waals surface area contributed by atoms with Crippen molar-refractivity contribution in [1.82, 2.24) is 0 Å². The fraction of sp³-hybridized carbons (Fsp3) is 0. The second-order valence-electron chi connectivity index (χ2n) is 0.565. The topological polar surface area (TPSA) is 115 Å². The molecule has 330 valence electrons. The van der Waals surface area contributed by atoms with Crippen LogP contribution in [0.3, 0.4) is 0 Å². The van der Waals surface area contributed by atoms with Crippen LogP contribution < -0.4 is 0 Å². The summed E-state index contributed by atoms with van der Waals surface area (Å²) in [6.07, 6.45) is -3.67. The van der Waals surface area contributed by atoms with Gasteiger partial charge in [-0.05, 0) is 0 Å². The fourth-order valence-electron chi connectivity index (χ4n) is 0. The van der Waals surface area contributed by atoms with Gasteiger partial charge in [0.2, 0.25) is 0 Å². The predicted octanol–water partition coefficient (Wildman–Crippen LogP) is -91.0. The summed E-state index contributed by atoms with van der Waals surface area (Å²) in [5.41, 5.74) is 0. The van der Waals surface area contributed by atoms with E-state index in [1.165, 1.54) is 0 Å². The third kappa shape index (κ3) is 1010. The molecule has 0 radical (unpaired) electrons. The molecule has 0 atom stereocenters. The van der Waals surface area contributed by atoms with Crippen molar-refractivity contribution < 1.29 is 30.0 Å². The second kappa shape index (κ2) is 965. The minimum atomic E-state index is -1.83. The molecule has 0 spiro atoms. The van der Waals surface area contributed by atoms with Gasteiger partial charge in [-0.2, -0.15) is 0 Å². The number of hydrogen-bond donors (Lipinski definition) is 4. The molecule has 4 N–H and O–H groups in total. The van der Waals surface area contributed by atoms with Gasteiger partial charge in [0.05, 0.1) is 0 Å². The number of rotatable bonds is 0. The first-order chi connectivity index (χ1) is 3.46. The normalized spacial score (nSPS) is 0.322. The Morgan fingerprint density at radius 3 is 0.0470 bits per heavy atom. The Morgan fingerprint density at radius 2 is 0.0470 bits per heavy atom. The van der Waals surface area contributed by atoms with E-state index in [1.807, 2.05) is 0 Å². The van der Waals surface area contributed by atoms with Gasteiger partial charge in [-0.1, -0.05) is 0 Å². The molecule has 149 heavy (non-hydrogen) atoms. The van der Waals surface area contributed by atoms with Crippen molar-refractivity contribution in [2.75, 3.05) is 0 Å². The van der Waals surface area contributed by atoms with Gasteiger partial charge >= 0.3 is 7260 Å². The molecule has 0 saturated heterocycles. The average Bonchev–Trinajstić information content (AvgIpc) is 1.25. The van der Waals surface area contributed by atoms with Crippen LogP contribution >= 0.6 is 0 Å². The summed E-state index contributed by atoms with van der Waals surface area (Å²) in [5, 5.41) is 27.9. The zero-order chi connectivity index (χ0) is 7.15. The fourth-order valence-corrected chi connectivity index (χ4v) is 0. The Bertz CT molecular complexity index is 110. The van der Waals surface area contributed by atoms with E-state index in [-0.39, 0.29) is 7250 Å². The molecule has 0 unspecified atom stereocenters. The summed E-state index contributed by atoms with van der Waals surface area (Å²) in [5.74, 6) is 0. The van der Waals surface area contributed by atoms with Crippen molar-refractivity contribution >= 4 is 7260 Å². The van der Waals surface area contributed by atoms with Crippen LogP contribution in [0.25, 0.3) is 0 Å². The summed E-state index contributed by atoms with van der Waals surface area (Å²) in [6, 6.07) is 0. The molecule has 6 nitrogen and oxygen atoms in total. The van der Waals surface area contributed by atoms with Crippen molar-refractivity contribution in [1.29, 1.82) is 0 Å². The van der Waals surface area contributed by atoms with Crippen molar-refractivity contribution in [2.24, 2.45) is 0 Å². The van der Waals surface area contributed by atoms with E-state index >= 15 is 0 Å². The summed E-state index contributed by atoms with van der Waals surface area (Å²) >= 11 is 0. The molecule has 0 aromatic heterocycles. The Hall–Kier alpha value is 229. The van der Waals surface area contributed by atoms with E-state index in [4.69, 9.17) is 30.0 Å². The average molecular weight is 5780 g/mol. The molecule has 0 bridgehead atoms. The number of hydrogen-bond acceptors (Lipinski definition) is 2. The summed E-state index contributed by atoms with van der Waals surface area (Å²) in [7, 11) is 0. The van der Waals surface area contributed by atoms with E-state index in [9.17, 15) is 0 Å². The molecule has 0 rings (SSSR count). The van der Waals surface area contributed by atoms with Gasteiger partial charge in [0.1, 0.15) is 0 Å². The maximum atomic E-state index is 8.56. The zero-order valence-electron chi connectivity index (χ0n) is 3.61. The molecule has 0 fully saturated rings. The first-order valence-electron chi connectivity index (χ1n) is 1.30. The van der Waals surface area contributed by atoms with Crippen LogP contribution in [0.5, 0.6) is 0 Å². The molecule has 147 heteroatoms. The van der Waals surface area contributed by atoms with Gasteiger partial charge in [-0.15, -0.1) is 0 Å². The molecule has 0 aliphatic rings. The van der Waals surface area contributed by atoms with Gasteiger partial charge in [0, 0.05) is 0 Å². The van der Waals surface area contributed by atoms with Crippen LogP contribution in [0.15, 0.2) is 0 Å². The van der Waals surface area contributed by atoms with Gasteiger partial charge in [0.15, 0.2) is 0 Å². The zero-order valence-corrected chi connectivity index (χ0v) is 3.61. The summed E-state index contributed by atoms with van der Waals surface area (Å²) in [6.45, 7) is 0. The van der Waals surface area contributed by atoms with Gasteiger partial charge in [0.25, 0.3) is 0 Å². The van der Waals surface area contributed by atoms with Crippen LogP contribution in [-0.2, 0) is 0 Å². The van der Waals surface area contributed by atoms with Gasteiger partial charge in [-0.25, -0.2) is 9.59 Å². The first kappa shape index (κ1) is 973. The molecular weight excluding hydrogens is 5630 g/mol. The van der Waals surface area contributed by atoms with Crippen molar-refractivity contribution in [3.63, 3.8) is 0 Å². The van der Waals surface area contributed by atoms with Crippen LogP contribution in [0, 0.1) is 0 Å². The van der Waals surface area contributed by atoms with Gasteiger partial charge in [-0.3, -0.25) is 0 Å². The minimum absolute atomic E-state index is 0. The molecule has 0 saturated carbocycles. The van der Waals surface area contributed by atoms with Gasteiger partial charge < -0.3 is 20.4 Å². The maximum absolute atomic E-state index is 8.56. The quantitative estimate of drug-likeness (QED) is 0.180. The Labute approximate surface area is 6940 Å². The first-order valence-corrected chi connectivity index (χ1v) is 1.30.